The Morgan fingerprint density at radius 1 is 1.46 bits per heavy atom. The van der Waals surface area contributed by atoms with Crippen molar-refractivity contribution in [2.24, 2.45) is 5.10 Å². The average molecular weight is 350 g/mol. The SMILES string of the molecule is [C-]#[N+]c1ccc(C2=NN3CC[C@H](O)[C@H]3[C@@H]2OCCOC)c(C)c1Cl. The molecule has 0 spiro atoms. The van der Waals surface area contributed by atoms with Crippen molar-refractivity contribution in [2.75, 3.05) is 26.9 Å². The standard InChI is InChI=1S/C17H20ClN3O3/c1-10-11(4-5-12(19-2)14(10)18)15-17(24-9-8-23-3)16-13(22)6-7-21(16)20-15/h4-5,13,16-17,22H,6-9H2,1,3H3/t13-,16-,17+/m0/s1. The lowest BCUT2D eigenvalue weighted by Gasteiger charge is -2.24. The Morgan fingerprint density at radius 3 is 2.96 bits per heavy atom. The van der Waals surface area contributed by atoms with E-state index in [9.17, 15) is 5.11 Å². The molecule has 0 unspecified atom stereocenters. The van der Waals surface area contributed by atoms with E-state index in [1.807, 2.05) is 18.0 Å². The lowest BCUT2D eigenvalue weighted by atomic mass is 9.95. The molecule has 128 valence electrons. The van der Waals surface area contributed by atoms with Crippen molar-refractivity contribution in [3.05, 3.63) is 39.7 Å². The fourth-order valence-corrected chi connectivity index (χ4v) is 3.50. The third-order valence-electron chi connectivity index (χ3n) is 4.56. The van der Waals surface area contributed by atoms with Crippen LogP contribution in [0.15, 0.2) is 17.2 Å². The fraction of sp³-hybridized carbons (Fsp3) is 0.529. The number of benzene rings is 1. The van der Waals surface area contributed by atoms with Gasteiger partial charge in [0.05, 0.1) is 36.6 Å². The van der Waals surface area contributed by atoms with E-state index in [1.54, 1.807) is 13.2 Å². The summed E-state index contributed by atoms with van der Waals surface area (Å²) in [5.74, 6) is 0. The molecular formula is C17H20ClN3O3. The number of aliphatic hydroxyl groups is 1. The van der Waals surface area contributed by atoms with Gasteiger partial charge in [-0.2, -0.15) is 5.10 Å². The van der Waals surface area contributed by atoms with Crippen LogP contribution in [0.4, 0.5) is 5.69 Å². The van der Waals surface area contributed by atoms with Crippen LogP contribution in [0.3, 0.4) is 0 Å². The van der Waals surface area contributed by atoms with Crippen molar-refractivity contribution in [3.8, 4) is 0 Å². The summed E-state index contributed by atoms with van der Waals surface area (Å²) in [6.45, 7) is 10.6. The third kappa shape index (κ3) is 2.89. The summed E-state index contributed by atoms with van der Waals surface area (Å²) in [6.07, 6.45) is -0.134. The zero-order valence-electron chi connectivity index (χ0n) is 13.7. The van der Waals surface area contributed by atoms with Gasteiger partial charge in [0, 0.05) is 19.2 Å². The second-order valence-electron chi connectivity index (χ2n) is 5.96. The highest BCUT2D eigenvalue weighted by molar-refractivity contribution is 6.34. The third-order valence-corrected chi connectivity index (χ3v) is 5.03. The molecule has 2 aliphatic rings. The lowest BCUT2D eigenvalue weighted by molar-refractivity contribution is -0.00412. The van der Waals surface area contributed by atoms with Crippen LogP contribution in [-0.2, 0) is 9.47 Å². The van der Waals surface area contributed by atoms with E-state index >= 15 is 0 Å². The van der Waals surface area contributed by atoms with Crippen molar-refractivity contribution >= 4 is 23.0 Å². The van der Waals surface area contributed by atoms with E-state index in [0.29, 0.717) is 36.9 Å². The number of fused-ring (bicyclic) bond motifs is 1. The molecule has 0 bridgehead atoms. The number of aliphatic hydroxyl groups excluding tert-OH is 1. The number of halogens is 1. The lowest BCUT2D eigenvalue weighted by Crippen LogP contribution is -2.42. The molecule has 2 heterocycles. The number of nitrogens with zero attached hydrogens (tertiary/aromatic N) is 3. The summed E-state index contributed by atoms with van der Waals surface area (Å²) in [7, 11) is 1.62. The van der Waals surface area contributed by atoms with Gasteiger partial charge in [-0.05, 0) is 18.9 Å². The van der Waals surface area contributed by atoms with Crippen molar-refractivity contribution < 1.29 is 14.6 Å². The van der Waals surface area contributed by atoms with E-state index in [0.717, 1.165) is 16.8 Å². The summed E-state index contributed by atoms with van der Waals surface area (Å²) in [6, 6.07) is 3.37. The predicted molar refractivity (Wildman–Crippen MR) is 91.7 cm³/mol. The summed E-state index contributed by atoms with van der Waals surface area (Å²) in [5.41, 5.74) is 2.84. The Hall–Kier alpha value is -1.65. The predicted octanol–water partition coefficient (Wildman–Crippen LogP) is 2.38. The molecule has 7 heteroatoms. The van der Waals surface area contributed by atoms with Crippen LogP contribution >= 0.6 is 11.6 Å². The molecule has 2 aliphatic heterocycles. The summed E-state index contributed by atoms with van der Waals surface area (Å²) in [5, 5.41) is 17.3. The van der Waals surface area contributed by atoms with Gasteiger partial charge < -0.3 is 14.6 Å². The van der Waals surface area contributed by atoms with E-state index < -0.39 is 6.10 Å². The number of hydrogen-bond acceptors (Lipinski definition) is 5. The number of rotatable bonds is 5. The normalized spacial score (nSPS) is 25.5. The van der Waals surface area contributed by atoms with Gasteiger partial charge in [0.1, 0.15) is 12.1 Å². The largest absolute Gasteiger partial charge is 0.391 e. The first-order valence-corrected chi connectivity index (χ1v) is 8.27. The van der Waals surface area contributed by atoms with Gasteiger partial charge >= 0.3 is 0 Å². The molecule has 3 rings (SSSR count). The first-order valence-electron chi connectivity index (χ1n) is 7.89. The Bertz CT molecular complexity index is 701. The molecular weight excluding hydrogens is 330 g/mol. The minimum atomic E-state index is -0.475. The molecule has 1 aromatic carbocycles. The Labute approximate surface area is 146 Å². The Morgan fingerprint density at radius 2 is 2.25 bits per heavy atom. The highest BCUT2D eigenvalue weighted by atomic mass is 35.5. The highest BCUT2D eigenvalue weighted by Gasteiger charge is 2.46. The molecule has 1 aromatic rings. The number of hydrogen-bond donors (Lipinski definition) is 1. The number of hydrazone groups is 1. The first-order chi connectivity index (χ1) is 11.6. The molecule has 0 amide bonds. The molecule has 24 heavy (non-hydrogen) atoms. The van der Waals surface area contributed by atoms with Crippen LogP contribution < -0.4 is 0 Å². The van der Waals surface area contributed by atoms with Gasteiger partial charge in [-0.15, -0.1) is 0 Å². The molecule has 1 fully saturated rings. The Balaban J connectivity index is 1.96. The molecule has 1 saturated heterocycles. The minimum absolute atomic E-state index is 0.185. The van der Waals surface area contributed by atoms with Crippen LogP contribution in [0, 0.1) is 13.5 Å². The van der Waals surface area contributed by atoms with Gasteiger partial charge in [-0.1, -0.05) is 23.7 Å². The molecule has 0 radical (unpaired) electrons. The van der Waals surface area contributed by atoms with Gasteiger partial charge in [-0.25, -0.2) is 4.85 Å². The second-order valence-corrected chi connectivity index (χ2v) is 6.34. The summed E-state index contributed by atoms with van der Waals surface area (Å²) < 4.78 is 11.0. The zero-order valence-corrected chi connectivity index (χ0v) is 14.5. The van der Waals surface area contributed by atoms with Gasteiger partial charge in [0.15, 0.2) is 0 Å². The Kier molecular flexibility index (Phi) is 5.07. The highest BCUT2D eigenvalue weighted by Crippen LogP contribution is 2.36. The topological polar surface area (TPSA) is 58.7 Å². The number of ether oxygens (including phenoxy) is 2. The van der Waals surface area contributed by atoms with Crippen LogP contribution in [0.5, 0.6) is 0 Å². The summed E-state index contributed by atoms with van der Waals surface area (Å²) >= 11 is 6.31. The van der Waals surface area contributed by atoms with Crippen LogP contribution in [0.1, 0.15) is 17.5 Å². The number of methoxy groups -OCH3 is 1. The van der Waals surface area contributed by atoms with Crippen LogP contribution in [-0.4, -0.2) is 60.9 Å². The molecule has 0 aliphatic carbocycles. The van der Waals surface area contributed by atoms with Gasteiger partial charge in [-0.3, -0.25) is 5.01 Å². The van der Waals surface area contributed by atoms with Crippen LogP contribution in [0.2, 0.25) is 5.02 Å². The second kappa shape index (κ2) is 7.08. The molecule has 3 atom stereocenters. The maximum atomic E-state index is 10.3. The van der Waals surface area contributed by atoms with Crippen molar-refractivity contribution in [1.82, 2.24) is 5.01 Å². The molecule has 0 saturated carbocycles. The van der Waals surface area contributed by atoms with E-state index in [-0.39, 0.29) is 12.1 Å². The van der Waals surface area contributed by atoms with Crippen molar-refractivity contribution in [2.45, 2.75) is 31.6 Å². The van der Waals surface area contributed by atoms with E-state index in [2.05, 4.69) is 9.95 Å². The van der Waals surface area contributed by atoms with Crippen molar-refractivity contribution in [3.63, 3.8) is 0 Å². The fourth-order valence-electron chi connectivity index (χ4n) is 3.29. The van der Waals surface area contributed by atoms with E-state index in [4.69, 9.17) is 27.6 Å². The maximum absolute atomic E-state index is 10.3. The maximum Gasteiger partial charge on any atom is 0.205 e. The van der Waals surface area contributed by atoms with E-state index in [1.165, 1.54) is 0 Å². The molecule has 0 aromatic heterocycles. The van der Waals surface area contributed by atoms with Gasteiger partial charge in [0.2, 0.25) is 5.69 Å². The molecule has 6 nitrogen and oxygen atoms in total. The smallest absolute Gasteiger partial charge is 0.205 e. The average Bonchev–Trinajstić information content (AvgIpc) is 3.11. The van der Waals surface area contributed by atoms with Crippen LogP contribution in [0.25, 0.3) is 4.85 Å². The first kappa shape index (κ1) is 17.2. The zero-order chi connectivity index (χ0) is 17.3. The summed E-state index contributed by atoms with van der Waals surface area (Å²) in [4.78, 5) is 3.43. The van der Waals surface area contributed by atoms with Crippen molar-refractivity contribution in [1.29, 1.82) is 0 Å². The quantitative estimate of drug-likeness (QED) is 0.655. The van der Waals surface area contributed by atoms with Gasteiger partial charge in [0.25, 0.3) is 0 Å². The monoisotopic (exact) mass is 349 g/mol. The molecule has 1 N–H and O–H groups in total. The minimum Gasteiger partial charge on any atom is -0.391 e.